The molecule has 2 aliphatic carbocycles. The van der Waals surface area contributed by atoms with E-state index in [9.17, 15) is 0 Å². The van der Waals surface area contributed by atoms with E-state index in [0.717, 1.165) is 6.42 Å². The molecular weight excluding hydrogens is 952 g/mol. The summed E-state index contributed by atoms with van der Waals surface area (Å²) in [7, 11) is 0. The van der Waals surface area contributed by atoms with Gasteiger partial charge < -0.3 is 9.80 Å². The average Bonchev–Trinajstić information content (AvgIpc) is 2.60. The van der Waals surface area contributed by atoms with Crippen LogP contribution in [0.5, 0.6) is 0 Å². The fraction of sp³-hybridized carbons (Fsp3) is 0.289. The van der Waals surface area contributed by atoms with Gasteiger partial charge in [-0.1, -0.05) is 249 Å². The molecule has 13 rings (SSSR count). The third-order valence-corrected chi connectivity index (χ3v) is 19.1. The van der Waals surface area contributed by atoms with Gasteiger partial charge in [0.1, 0.15) is 0 Å². The number of hydrogen-bond acceptors (Lipinski definition) is 2. The van der Waals surface area contributed by atoms with Crippen LogP contribution < -0.4 is 26.2 Å². The highest BCUT2D eigenvalue weighted by Gasteiger charge is 2.50. The largest absolute Gasteiger partial charge is 0.311 e. The molecule has 0 saturated carbocycles. The summed E-state index contributed by atoms with van der Waals surface area (Å²) in [4.78, 5) is 5.41. The first-order chi connectivity index (χ1) is 37.5. The van der Waals surface area contributed by atoms with Crippen LogP contribution in [0.3, 0.4) is 0 Å². The molecule has 2 heterocycles. The molecule has 0 fully saturated rings. The zero-order valence-corrected chi connectivity index (χ0v) is 49.2. The summed E-state index contributed by atoms with van der Waals surface area (Å²) < 4.78 is 0. The summed E-state index contributed by atoms with van der Waals surface area (Å²) >= 11 is 0. The monoisotopic (exact) mass is 1030 g/mol. The molecule has 0 spiro atoms. The maximum atomic E-state index is 2.77. The summed E-state index contributed by atoms with van der Waals surface area (Å²) in [5.41, 5.74) is 28.4. The first kappa shape index (κ1) is 51.1. The van der Waals surface area contributed by atoms with Crippen LogP contribution in [0.25, 0.3) is 11.1 Å². The number of nitrogens with zero attached hydrogens (tertiary/aromatic N) is 2. The Bertz CT molecular complexity index is 3840. The van der Waals surface area contributed by atoms with Gasteiger partial charge in [-0.05, 0) is 154 Å². The lowest BCUT2D eigenvalue weighted by molar-refractivity contribution is 0.403. The molecule has 0 bridgehead atoms. The Hall–Kier alpha value is -7.36. The predicted octanol–water partition coefficient (Wildman–Crippen LogP) is 18.1. The normalized spacial score (nSPS) is 16.9. The minimum atomic E-state index is -0.271. The van der Waals surface area contributed by atoms with Crippen LogP contribution in [-0.2, 0) is 32.5 Å². The van der Waals surface area contributed by atoms with Gasteiger partial charge in [-0.2, -0.15) is 0 Å². The van der Waals surface area contributed by atoms with Crippen LogP contribution in [0, 0.1) is 0 Å². The fourth-order valence-corrected chi connectivity index (χ4v) is 15.3. The summed E-state index contributed by atoms with van der Waals surface area (Å²) in [5.74, 6) is -0.0476. The van der Waals surface area contributed by atoms with Crippen LogP contribution in [0.15, 0.2) is 194 Å². The maximum absolute atomic E-state index is 2.77. The van der Waals surface area contributed by atoms with Gasteiger partial charge in [0, 0.05) is 50.7 Å². The molecule has 9 aromatic rings. The second kappa shape index (κ2) is 17.6. The van der Waals surface area contributed by atoms with E-state index in [1.165, 1.54) is 123 Å². The summed E-state index contributed by atoms with van der Waals surface area (Å²) in [6.07, 6.45) is 1.07. The van der Waals surface area contributed by atoms with E-state index in [4.69, 9.17) is 0 Å². The van der Waals surface area contributed by atoms with Crippen molar-refractivity contribution in [2.75, 3.05) is 9.80 Å². The molecular formula is C76H77BN2. The van der Waals surface area contributed by atoms with Crippen molar-refractivity contribution < 1.29 is 0 Å². The first-order valence-electron chi connectivity index (χ1n) is 29.1. The Balaban J connectivity index is 1.23. The Morgan fingerprint density at radius 3 is 1.46 bits per heavy atom. The van der Waals surface area contributed by atoms with Crippen LogP contribution in [-0.4, -0.2) is 6.71 Å². The molecule has 2 aliphatic heterocycles. The van der Waals surface area contributed by atoms with Crippen molar-refractivity contribution in [1.29, 1.82) is 0 Å². The lowest BCUT2D eigenvalue weighted by atomic mass is 9.32. The highest BCUT2D eigenvalue weighted by atomic mass is 15.2. The number of benzene rings is 9. The second-order valence-electron chi connectivity index (χ2n) is 28.1. The third kappa shape index (κ3) is 7.87. The van der Waals surface area contributed by atoms with Gasteiger partial charge in [0.15, 0.2) is 0 Å². The van der Waals surface area contributed by atoms with Crippen LogP contribution in [0.2, 0.25) is 0 Å². The summed E-state index contributed by atoms with van der Waals surface area (Å²) in [6, 6.07) is 75.7. The van der Waals surface area contributed by atoms with E-state index in [1.54, 1.807) is 0 Å². The molecule has 9 aromatic carbocycles. The van der Waals surface area contributed by atoms with Gasteiger partial charge in [0.25, 0.3) is 6.71 Å². The summed E-state index contributed by atoms with van der Waals surface area (Å²) in [6.45, 7) is 33.8. The minimum absolute atomic E-state index is 0.00302. The molecule has 2 nitrogen and oxygen atoms in total. The molecule has 79 heavy (non-hydrogen) atoms. The Morgan fingerprint density at radius 2 is 0.886 bits per heavy atom. The van der Waals surface area contributed by atoms with Gasteiger partial charge in [0.2, 0.25) is 0 Å². The van der Waals surface area contributed by atoms with Crippen molar-refractivity contribution in [1.82, 2.24) is 0 Å². The lowest BCUT2D eigenvalue weighted by Gasteiger charge is -2.48. The maximum Gasteiger partial charge on any atom is 0.252 e. The van der Waals surface area contributed by atoms with Crippen molar-refractivity contribution in [3.63, 3.8) is 0 Å². The van der Waals surface area contributed by atoms with Gasteiger partial charge in [0.05, 0.1) is 5.69 Å². The van der Waals surface area contributed by atoms with Crippen LogP contribution in [0.1, 0.15) is 170 Å². The Kier molecular flexibility index (Phi) is 11.4. The van der Waals surface area contributed by atoms with Crippen molar-refractivity contribution in [3.05, 3.63) is 255 Å². The van der Waals surface area contributed by atoms with Gasteiger partial charge in [-0.15, -0.1) is 0 Å². The second-order valence-corrected chi connectivity index (χ2v) is 28.1. The smallest absolute Gasteiger partial charge is 0.252 e. The SMILES string of the molecule is CC(C)(C)c1ccc(N2c3ccc(C(C)(C)C)cc3B3c4cc5c(cc4N(c4ccc6c(c4-c4ccccc4)C(C)(C)CC6(C)C)c4cc(C(c6ccccc6)c6ccccc6)cc2c43)C(C)(C)c2ccccc2C5(C)C)cc1. The van der Waals surface area contributed by atoms with E-state index in [1.807, 2.05) is 0 Å². The number of fused-ring (bicyclic) bond motifs is 7. The fourth-order valence-electron chi connectivity index (χ4n) is 15.3. The quantitative estimate of drug-likeness (QED) is 0.121. The molecule has 0 radical (unpaired) electrons. The van der Waals surface area contributed by atoms with Crippen LogP contribution >= 0.6 is 0 Å². The van der Waals surface area contributed by atoms with Gasteiger partial charge in [-0.25, -0.2) is 0 Å². The van der Waals surface area contributed by atoms with Crippen molar-refractivity contribution in [2.45, 2.75) is 142 Å². The molecule has 3 heteroatoms. The highest BCUT2D eigenvalue weighted by molar-refractivity contribution is 7.00. The zero-order valence-electron chi connectivity index (χ0n) is 49.2. The molecule has 0 amide bonds. The van der Waals surface area contributed by atoms with E-state index in [-0.39, 0.29) is 45.1 Å². The van der Waals surface area contributed by atoms with Crippen molar-refractivity contribution >= 4 is 57.2 Å². The predicted molar refractivity (Wildman–Crippen MR) is 338 cm³/mol. The van der Waals surface area contributed by atoms with Crippen molar-refractivity contribution in [3.8, 4) is 11.1 Å². The van der Waals surface area contributed by atoms with E-state index in [0.29, 0.717) is 0 Å². The topological polar surface area (TPSA) is 6.48 Å². The molecule has 394 valence electrons. The Morgan fingerprint density at radius 1 is 0.392 bits per heavy atom. The van der Waals surface area contributed by atoms with E-state index >= 15 is 0 Å². The summed E-state index contributed by atoms with van der Waals surface area (Å²) in [5, 5.41) is 0. The van der Waals surface area contributed by atoms with E-state index < -0.39 is 0 Å². The first-order valence-corrected chi connectivity index (χ1v) is 29.1. The molecule has 0 unspecified atom stereocenters. The average molecular weight is 1030 g/mol. The lowest BCUT2D eigenvalue weighted by Crippen LogP contribution is -2.62. The minimum Gasteiger partial charge on any atom is -0.311 e. The third-order valence-electron chi connectivity index (χ3n) is 19.1. The highest BCUT2D eigenvalue weighted by Crippen LogP contribution is 2.59. The number of rotatable bonds is 6. The number of anilines is 6. The molecule has 0 atom stereocenters. The van der Waals surface area contributed by atoms with Crippen molar-refractivity contribution in [2.24, 2.45) is 0 Å². The van der Waals surface area contributed by atoms with E-state index in [2.05, 4.69) is 301 Å². The van der Waals surface area contributed by atoms with Gasteiger partial charge in [-0.3, -0.25) is 0 Å². The molecule has 0 saturated heterocycles. The molecule has 0 aromatic heterocycles. The van der Waals surface area contributed by atoms with Gasteiger partial charge >= 0.3 is 0 Å². The molecule has 0 N–H and O–H groups in total. The molecule has 4 aliphatic rings. The standard InChI is InChI=1S/C76H77BN2/c1-71(2,3)52-34-37-54(38-35-52)78-62-40-36-53(72(4,5)6)44-60(62)77-61-45-58-59(76(13,14)56-33-25-24-32-55(56)75(58,11)12)46-64(61)79(63-41-39-57-69(74(9,10)47-73(57,7)8)68(63)50-30-22-17-23-31-50)66-43-51(42-65(78)70(66)77)67(48-26-18-15-19-27-48)49-28-20-16-21-29-49/h15-46,67H,47H2,1-14H3. The Labute approximate surface area is 472 Å². The van der Waals surface area contributed by atoms with Crippen LogP contribution in [0.4, 0.5) is 34.1 Å². The number of hydrogen-bond donors (Lipinski definition) is 0. The zero-order chi connectivity index (χ0) is 55.3.